The van der Waals surface area contributed by atoms with Crippen molar-refractivity contribution in [2.45, 2.75) is 31.8 Å². The van der Waals surface area contributed by atoms with Crippen LogP contribution >= 0.6 is 0 Å². The summed E-state index contributed by atoms with van der Waals surface area (Å²) < 4.78 is 10.8. The smallest absolute Gasteiger partial charge is 0.336 e. The number of benzene rings is 2. The third-order valence-corrected chi connectivity index (χ3v) is 5.04. The average molecular weight is 350 g/mol. The monoisotopic (exact) mass is 350 g/mol. The maximum Gasteiger partial charge on any atom is 0.336 e. The van der Waals surface area contributed by atoms with Gasteiger partial charge in [-0.15, -0.1) is 0 Å². The molecule has 0 saturated heterocycles. The lowest BCUT2D eigenvalue weighted by molar-refractivity contribution is -0.148. The van der Waals surface area contributed by atoms with Gasteiger partial charge in [0.2, 0.25) is 0 Å². The summed E-state index contributed by atoms with van der Waals surface area (Å²) in [5, 5.41) is 10.5. The van der Waals surface area contributed by atoms with Gasteiger partial charge >= 0.3 is 11.6 Å². The summed E-state index contributed by atoms with van der Waals surface area (Å²) >= 11 is 0. The third kappa shape index (κ3) is 2.65. The molecule has 5 heteroatoms. The Morgan fingerprint density at radius 1 is 1.19 bits per heavy atom. The van der Waals surface area contributed by atoms with Crippen LogP contribution in [-0.4, -0.2) is 11.1 Å². The van der Waals surface area contributed by atoms with Crippen LogP contribution in [0, 0.1) is 6.92 Å². The second-order valence-electron chi connectivity index (χ2n) is 6.70. The van der Waals surface area contributed by atoms with Gasteiger partial charge in [0.05, 0.1) is 5.41 Å². The predicted octanol–water partition coefficient (Wildman–Crippen LogP) is 3.58. The summed E-state index contributed by atoms with van der Waals surface area (Å²) in [6, 6.07) is 14.1. The van der Waals surface area contributed by atoms with Crippen LogP contribution in [0.25, 0.3) is 11.0 Å². The highest BCUT2D eigenvalue weighted by atomic mass is 16.5. The summed E-state index contributed by atoms with van der Waals surface area (Å²) in [5.74, 6) is -0.226. The lowest BCUT2D eigenvalue weighted by Gasteiger charge is -2.15. The molecule has 1 aliphatic rings. The van der Waals surface area contributed by atoms with Crippen LogP contribution < -0.4 is 5.63 Å². The molecule has 1 heterocycles. The zero-order valence-electron chi connectivity index (χ0n) is 14.3. The van der Waals surface area contributed by atoms with Crippen LogP contribution in [0.15, 0.2) is 57.7 Å². The Hall–Kier alpha value is -3.08. The van der Waals surface area contributed by atoms with Crippen LogP contribution in [0.4, 0.5) is 0 Å². The zero-order valence-corrected chi connectivity index (χ0v) is 14.3. The van der Waals surface area contributed by atoms with Crippen LogP contribution in [0.3, 0.4) is 0 Å². The molecule has 3 aromatic rings. The number of hydrogen-bond donors (Lipinski definition) is 1. The third-order valence-electron chi connectivity index (χ3n) is 5.04. The highest BCUT2D eigenvalue weighted by molar-refractivity contribution is 5.88. The summed E-state index contributed by atoms with van der Waals surface area (Å²) in [4.78, 5) is 24.5. The minimum atomic E-state index is -0.565. The van der Waals surface area contributed by atoms with E-state index in [0.29, 0.717) is 22.1 Å². The van der Waals surface area contributed by atoms with E-state index >= 15 is 0 Å². The van der Waals surface area contributed by atoms with Crippen LogP contribution in [0.1, 0.15) is 29.5 Å². The molecule has 1 saturated carbocycles. The lowest BCUT2D eigenvalue weighted by atomic mass is 9.96. The topological polar surface area (TPSA) is 76.7 Å². The van der Waals surface area contributed by atoms with Crippen molar-refractivity contribution in [1.29, 1.82) is 0 Å². The van der Waals surface area contributed by atoms with Crippen molar-refractivity contribution in [2.24, 2.45) is 0 Å². The molecule has 1 aliphatic carbocycles. The van der Waals surface area contributed by atoms with E-state index in [-0.39, 0.29) is 18.3 Å². The number of phenols is 1. The molecule has 132 valence electrons. The fourth-order valence-corrected chi connectivity index (χ4v) is 3.31. The summed E-state index contributed by atoms with van der Waals surface area (Å²) in [7, 11) is 0. The van der Waals surface area contributed by atoms with E-state index in [2.05, 4.69) is 0 Å². The molecule has 2 aromatic carbocycles. The van der Waals surface area contributed by atoms with Gasteiger partial charge in [-0.25, -0.2) is 4.79 Å². The van der Waals surface area contributed by atoms with Crippen LogP contribution in [0.5, 0.6) is 5.75 Å². The SMILES string of the molecule is Cc1c(O)ccc2c(COC(=O)C3(c4ccccc4)CC3)cc(=O)oc12. The van der Waals surface area contributed by atoms with E-state index in [1.54, 1.807) is 13.0 Å². The maximum atomic E-state index is 12.7. The van der Waals surface area contributed by atoms with E-state index in [1.165, 1.54) is 12.1 Å². The van der Waals surface area contributed by atoms with Gasteiger partial charge in [0.1, 0.15) is 17.9 Å². The Balaban J connectivity index is 1.62. The van der Waals surface area contributed by atoms with Crippen molar-refractivity contribution in [3.05, 3.63) is 75.6 Å². The molecule has 1 fully saturated rings. The molecule has 0 amide bonds. The average Bonchev–Trinajstić information content (AvgIpc) is 3.45. The zero-order chi connectivity index (χ0) is 18.3. The Morgan fingerprint density at radius 3 is 2.62 bits per heavy atom. The predicted molar refractivity (Wildman–Crippen MR) is 96.0 cm³/mol. The van der Waals surface area contributed by atoms with Crippen molar-refractivity contribution < 1.29 is 19.1 Å². The molecular formula is C21H18O5. The van der Waals surface area contributed by atoms with Crippen LogP contribution in [-0.2, 0) is 21.6 Å². The fraction of sp³-hybridized carbons (Fsp3) is 0.238. The van der Waals surface area contributed by atoms with E-state index < -0.39 is 11.0 Å². The molecule has 0 unspecified atom stereocenters. The van der Waals surface area contributed by atoms with Crippen molar-refractivity contribution in [1.82, 2.24) is 0 Å². The van der Waals surface area contributed by atoms with Gasteiger partial charge in [0.15, 0.2) is 0 Å². The normalized spacial score (nSPS) is 15.0. The molecule has 5 nitrogen and oxygen atoms in total. The maximum absolute atomic E-state index is 12.7. The van der Waals surface area contributed by atoms with Gasteiger partial charge in [0.25, 0.3) is 0 Å². The second kappa shape index (κ2) is 6.02. The number of ether oxygens (including phenoxy) is 1. The molecule has 4 rings (SSSR count). The number of fused-ring (bicyclic) bond motifs is 1. The minimum Gasteiger partial charge on any atom is -0.508 e. The minimum absolute atomic E-state index is 0.0142. The van der Waals surface area contributed by atoms with Crippen molar-refractivity contribution >= 4 is 16.9 Å². The number of phenolic OH excluding ortho intramolecular Hbond substituents is 1. The van der Waals surface area contributed by atoms with Gasteiger partial charge in [0, 0.05) is 22.6 Å². The fourth-order valence-electron chi connectivity index (χ4n) is 3.31. The van der Waals surface area contributed by atoms with E-state index in [0.717, 1.165) is 18.4 Å². The van der Waals surface area contributed by atoms with Crippen molar-refractivity contribution in [3.8, 4) is 5.75 Å². The second-order valence-corrected chi connectivity index (χ2v) is 6.70. The Morgan fingerprint density at radius 2 is 1.92 bits per heavy atom. The van der Waals surface area contributed by atoms with Gasteiger partial charge in [-0.1, -0.05) is 30.3 Å². The van der Waals surface area contributed by atoms with Crippen molar-refractivity contribution in [3.63, 3.8) is 0 Å². The van der Waals surface area contributed by atoms with Gasteiger partial charge in [-0.2, -0.15) is 0 Å². The highest BCUT2D eigenvalue weighted by Gasteiger charge is 2.52. The quantitative estimate of drug-likeness (QED) is 0.575. The first-order valence-corrected chi connectivity index (χ1v) is 8.49. The highest BCUT2D eigenvalue weighted by Crippen LogP contribution is 2.49. The molecule has 0 spiro atoms. The van der Waals surface area contributed by atoms with Crippen molar-refractivity contribution in [2.75, 3.05) is 0 Å². The summed E-state index contributed by atoms with van der Waals surface area (Å²) in [6.07, 6.45) is 1.53. The van der Waals surface area contributed by atoms with E-state index in [4.69, 9.17) is 9.15 Å². The first-order chi connectivity index (χ1) is 12.5. The Labute approximate surface area is 149 Å². The lowest BCUT2D eigenvalue weighted by Crippen LogP contribution is -2.23. The Kier molecular flexibility index (Phi) is 3.80. The number of carbonyl (C=O) groups excluding carboxylic acids is 1. The van der Waals surface area contributed by atoms with E-state index in [1.807, 2.05) is 30.3 Å². The molecular weight excluding hydrogens is 332 g/mol. The molecule has 0 bridgehead atoms. The summed E-state index contributed by atoms with van der Waals surface area (Å²) in [5.41, 5.74) is 1.22. The molecule has 0 aliphatic heterocycles. The number of esters is 1. The number of rotatable bonds is 4. The van der Waals surface area contributed by atoms with E-state index in [9.17, 15) is 14.7 Å². The van der Waals surface area contributed by atoms with Gasteiger partial charge < -0.3 is 14.3 Å². The molecule has 0 atom stereocenters. The molecule has 1 aromatic heterocycles. The standard InChI is InChI=1S/C21H18O5/c1-13-17(22)8-7-16-14(11-18(23)26-19(13)16)12-25-20(24)21(9-10-21)15-5-3-2-4-6-15/h2-8,11,22H,9-10,12H2,1H3. The van der Waals surface area contributed by atoms with Gasteiger partial charge in [-0.3, -0.25) is 4.79 Å². The first kappa shape index (κ1) is 16.4. The number of aryl methyl sites for hydroxylation is 1. The van der Waals surface area contributed by atoms with Crippen LogP contribution in [0.2, 0.25) is 0 Å². The van der Waals surface area contributed by atoms with Gasteiger partial charge in [-0.05, 0) is 37.5 Å². The number of aromatic hydroxyl groups is 1. The molecule has 26 heavy (non-hydrogen) atoms. The Bertz CT molecular complexity index is 1050. The summed E-state index contributed by atoms with van der Waals surface area (Å²) in [6.45, 7) is 1.66. The molecule has 1 N–H and O–H groups in total. The first-order valence-electron chi connectivity index (χ1n) is 8.49. The molecule has 0 radical (unpaired) electrons. The number of carbonyl (C=O) groups is 1. The number of hydrogen-bond acceptors (Lipinski definition) is 5. The largest absolute Gasteiger partial charge is 0.508 e.